The summed E-state index contributed by atoms with van der Waals surface area (Å²) in [6.45, 7) is 5.67. The highest BCUT2D eigenvalue weighted by Gasteiger charge is 2.21. The molecule has 1 fully saturated rings. The minimum absolute atomic E-state index is 0.653. The minimum Gasteiger partial charge on any atom is -0.382 e. The molecule has 0 saturated heterocycles. The van der Waals surface area contributed by atoms with Crippen molar-refractivity contribution in [3.05, 3.63) is 0 Å². The lowest BCUT2D eigenvalue weighted by molar-refractivity contribution is 0.0622. The van der Waals surface area contributed by atoms with Crippen molar-refractivity contribution in [2.75, 3.05) is 33.5 Å². The Bertz CT molecular complexity index is 191. The second-order valence-electron chi connectivity index (χ2n) is 5.71. The number of nitrogens with one attached hydrogen (secondary N) is 1. The maximum atomic E-state index is 5.64. The molecular weight excluding hydrogens is 238 g/mol. The van der Waals surface area contributed by atoms with Crippen LogP contribution in [0.4, 0.5) is 0 Å². The van der Waals surface area contributed by atoms with Crippen molar-refractivity contribution in [3.8, 4) is 0 Å². The Balaban J connectivity index is 2.27. The van der Waals surface area contributed by atoms with E-state index in [4.69, 9.17) is 9.47 Å². The summed E-state index contributed by atoms with van der Waals surface area (Å²) in [6.07, 6.45) is 10.9. The van der Waals surface area contributed by atoms with E-state index in [1.54, 1.807) is 7.11 Å². The van der Waals surface area contributed by atoms with Crippen LogP contribution in [-0.2, 0) is 9.47 Å². The molecule has 1 rings (SSSR count). The highest BCUT2D eigenvalue weighted by atomic mass is 16.5. The molecule has 114 valence electrons. The topological polar surface area (TPSA) is 30.5 Å². The summed E-state index contributed by atoms with van der Waals surface area (Å²) < 4.78 is 10.6. The molecule has 0 aromatic rings. The van der Waals surface area contributed by atoms with Crippen molar-refractivity contribution in [1.29, 1.82) is 0 Å². The van der Waals surface area contributed by atoms with E-state index in [2.05, 4.69) is 12.2 Å². The van der Waals surface area contributed by atoms with Gasteiger partial charge in [-0.15, -0.1) is 0 Å². The van der Waals surface area contributed by atoms with Gasteiger partial charge in [-0.2, -0.15) is 0 Å². The van der Waals surface area contributed by atoms with Crippen LogP contribution >= 0.6 is 0 Å². The molecule has 0 heterocycles. The summed E-state index contributed by atoms with van der Waals surface area (Å²) >= 11 is 0. The van der Waals surface area contributed by atoms with Gasteiger partial charge in [-0.1, -0.05) is 32.6 Å². The zero-order valence-corrected chi connectivity index (χ0v) is 13.0. The minimum atomic E-state index is 0.653. The van der Waals surface area contributed by atoms with Gasteiger partial charge in [0.25, 0.3) is 0 Å². The standard InChI is InChI=1S/C16H33NO2/c1-3-11-17-16(10-12-19-14-13-18-2)15-8-6-4-5-7-9-15/h15-17H,3-14H2,1-2H3. The Morgan fingerprint density at radius 1 is 1.05 bits per heavy atom. The third-order valence-electron chi connectivity index (χ3n) is 4.13. The Morgan fingerprint density at radius 2 is 1.79 bits per heavy atom. The molecule has 0 amide bonds. The number of ether oxygens (including phenoxy) is 2. The van der Waals surface area contributed by atoms with Gasteiger partial charge in [0.15, 0.2) is 0 Å². The molecule has 3 heteroatoms. The fourth-order valence-electron chi connectivity index (χ4n) is 3.00. The van der Waals surface area contributed by atoms with E-state index in [1.165, 1.54) is 44.9 Å². The smallest absolute Gasteiger partial charge is 0.0700 e. The number of hydrogen-bond acceptors (Lipinski definition) is 3. The van der Waals surface area contributed by atoms with Crippen LogP contribution in [0.3, 0.4) is 0 Å². The molecule has 3 nitrogen and oxygen atoms in total. The van der Waals surface area contributed by atoms with E-state index in [1.807, 2.05) is 0 Å². The maximum Gasteiger partial charge on any atom is 0.0700 e. The molecule has 1 N–H and O–H groups in total. The highest BCUT2D eigenvalue weighted by Crippen LogP contribution is 2.26. The summed E-state index contributed by atoms with van der Waals surface area (Å²) in [5.74, 6) is 0.861. The van der Waals surface area contributed by atoms with Gasteiger partial charge in [-0.25, -0.2) is 0 Å². The molecule has 1 saturated carbocycles. The van der Waals surface area contributed by atoms with Crippen molar-refractivity contribution in [2.45, 2.75) is 64.3 Å². The molecule has 0 bridgehead atoms. The maximum absolute atomic E-state index is 5.64. The molecule has 0 spiro atoms. The van der Waals surface area contributed by atoms with Gasteiger partial charge < -0.3 is 14.8 Å². The van der Waals surface area contributed by atoms with E-state index in [0.717, 1.165) is 32.1 Å². The lowest BCUT2D eigenvalue weighted by Gasteiger charge is -2.27. The van der Waals surface area contributed by atoms with Gasteiger partial charge >= 0.3 is 0 Å². The summed E-state index contributed by atoms with van der Waals surface area (Å²) in [7, 11) is 1.72. The fourth-order valence-corrected chi connectivity index (χ4v) is 3.00. The van der Waals surface area contributed by atoms with Gasteiger partial charge in [-0.05, 0) is 38.1 Å². The van der Waals surface area contributed by atoms with Crippen LogP contribution in [0.5, 0.6) is 0 Å². The van der Waals surface area contributed by atoms with E-state index < -0.39 is 0 Å². The van der Waals surface area contributed by atoms with Crippen LogP contribution in [0.25, 0.3) is 0 Å². The Kier molecular flexibility index (Phi) is 10.4. The average molecular weight is 271 g/mol. The molecule has 19 heavy (non-hydrogen) atoms. The second-order valence-corrected chi connectivity index (χ2v) is 5.71. The summed E-state index contributed by atoms with van der Waals surface area (Å²) in [5, 5.41) is 3.75. The molecule has 1 atom stereocenters. The number of rotatable bonds is 10. The van der Waals surface area contributed by atoms with Crippen LogP contribution in [0.15, 0.2) is 0 Å². The van der Waals surface area contributed by atoms with Gasteiger partial charge in [-0.3, -0.25) is 0 Å². The largest absolute Gasteiger partial charge is 0.382 e. The monoisotopic (exact) mass is 271 g/mol. The zero-order chi connectivity index (χ0) is 13.8. The van der Waals surface area contributed by atoms with E-state index in [-0.39, 0.29) is 0 Å². The molecule has 0 aromatic heterocycles. The highest BCUT2D eigenvalue weighted by molar-refractivity contribution is 4.78. The summed E-state index contributed by atoms with van der Waals surface area (Å²) in [4.78, 5) is 0. The van der Waals surface area contributed by atoms with Crippen LogP contribution < -0.4 is 5.32 Å². The fraction of sp³-hybridized carbons (Fsp3) is 1.00. The first-order valence-corrected chi connectivity index (χ1v) is 8.18. The first kappa shape index (κ1) is 16.9. The zero-order valence-electron chi connectivity index (χ0n) is 13.0. The van der Waals surface area contributed by atoms with Crippen molar-refractivity contribution in [1.82, 2.24) is 5.32 Å². The first-order valence-electron chi connectivity index (χ1n) is 8.18. The van der Waals surface area contributed by atoms with Gasteiger partial charge in [0.1, 0.15) is 0 Å². The predicted molar refractivity (Wildman–Crippen MR) is 80.6 cm³/mol. The SMILES string of the molecule is CCCNC(CCOCCOC)C1CCCCCC1. The Hall–Kier alpha value is -0.120. The van der Waals surface area contributed by atoms with E-state index in [0.29, 0.717) is 12.6 Å². The third kappa shape index (κ3) is 7.91. The molecular formula is C16H33NO2. The van der Waals surface area contributed by atoms with E-state index >= 15 is 0 Å². The Morgan fingerprint density at radius 3 is 2.42 bits per heavy atom. The van der Waals surface area contributed by atoms with Gasteiger partial charge in [0.05, 0.1) is 13.2 Å². The Labute approximate surface area is 119 Å². The quantitative estimate of drug-likeness (QED) is 0.488. The molecule has 0 radical (unpaired) electrons. The lowest BCUT2D eigenvalue weighted by atomic mass is 9.90. The number of hydrogen-bond donors (Lipinski definition) is 1. The van der Waals surface area contributed by atoms with Crippen molar-refractivity contribution >= 4 is 0 Å². The van der Waals surface area contributed by atoms with Crippen LogP contribution in [0.1, 0.15) is 58.3 Å². The van der Waals surface area contributed by atoms with Crippen LogP contribution in [0, 0.1) is 5.92 Å². The molecule has 1 aliphatic carbocycles. The summed E-state index contributed by atoms with van der Waals surface area (Å²) in [5.41, 5.74) is 0. The van der Waals surface area contributed by atoms with Gasteiger partial charge in [0, 0.05) is 19.8 Å². The summed E-state index contributed by atoms with van der Waals surface area (Å²) in [6, 6.07) is 0.653. The van der Waals surface area contributed by atoms with Crippen LogP contribution in [0.2, 0.25) is 0 Å². The van der Waals surface area contributed by atoms with Gasteiger partial charge in [0.2, 0.25) is 0 Å². The normalized spacial score (nSPS) is 19.3. The first-order chi connectivity index (χ1) is 9.38. The number of methoxy groups -OCH3 is 1. The van der Waals surface area contributed by atoms with Crippen LogP contribution in [-0.4, -0.2) is 39.5 Å². The van der Waals surface area contributed by atoms with E-state index in [9.17, 15) is 0 Å². The second kappa shape index (κ2) is 11.7. The molecule has 1 unspecified atom stereocenters. The lowest BCUT2D eigenvalue weighted by Crippen LogP contribution is -2.37. The molecule has 0 aliphatic heterocycles. The predicted octanol–water partition coefficient (Wildman–Crippen LogP) is 3.38. The average Bonchev–Trinajstić information content (AvgIpc) is 2.71. The van der Waals surface area contributed by atoms with Crippen molar-refractivity contribution < 1.29 is 9.47 Å². The van der Waals surface area contributed by atoms with Crippen molar-refractivity contribution in [2.24, 2.45) is 5.92 Å². The molecule has 0 aromatic carbocycles. The molecule has 1 aliphatic rings. The third-order valence-corrected chi connectivity index (χ3v) is 4.13. The van der Waals surface area contributed by atoms with Crippen molar-refractivity contribution in [3.63, 3.8) is 0 Å².